The first-order valence-corrected chi connectivity index (χ1v) is 7.14. The second-order valence-corrected chi connectivity index (χ2v) is 4.94. The molecule has 0 spiro atoms. The molecule has 1 saturated heterocycles. The largest absolute Gasteiger partial charge is 0.333 e. The maximum absolute atomic E-state index is 12.0. The van der Waals surface area contributed by atoms with Gasteiger partial charge >= 0.3 is 0 Å². The monoisotopic (exact) mass is 335 g/mol. The van der Waals surface area contributed by atoms with Crippen molar-refractivity contribution in [2.75, 3.05) is 18.4 Å². The number of hydrogen-bond donors (Lipinski definition) is 2. The molecule has 23 heavy (non-hydrogen) atoms. The molecule has 1 unspecified atom stereocenters. The maximum atomic E-state index is 12.0. The molecule has 0 bridgehead atoms. The van der Waals surface area contributed by atoms with Gasteiger partial charge < -0.3 is 16.0 Å². The molecule has 1 aliphatic heterocycles. The highest BCUT2D eigenvalue weighted by Crippen LogP contribution is 2.34. The smallest absolute Gasteiger partial charge is 0.236 e. The van der Waals surface area contributed by atoms with E-state index in [4.69, 9.17) is 5.73 Å². The van der Waals surface area contributed by atoms with Gasteiger partial charge in [-0.3, -0.25) is 9.78 Å². The molecule has 0 saturated carbocycles. The van der Waals surface area contributed by atoms with Crippen molar-refractivity contribution in [3.8, 4) is 0 Å². The highest BCUT2D eigenvalue weighted by atomic mass is 35.5. The van der Waals surface area contributed by atoms with Gasteiger partial charge in [-0.25, -0.2) is 15.0 Å². The molecule has 2 aromatic heterocycles. The Bertz CT molecular complexity index is 655. The molecule has 1 aliphatic rings. The van der Waals surface area contributed by atoms with Crippen LogP contribution in [0, 0.1) is 0 Å². The molecule has 0 aromatic carbocycles. The summed E-state index contributed by atoms with van der Waals surface area (Å²) in [6, 6.07) is 1.62. The standard InChI is InChI=1S/C14H17N7O.ClH/c15-9-11(22)21-8-1-3-10(21)12-13(17-7-6-16-12)20-14-18-4-2-5-19-14;/h2,4-7,10H,1,3,8-9,15H2,(H,17,18,19,20);1H. The second-order valence-electron chi connectivity index (χ2n) is 4.94. The lowest BCUT2D eigenvalue weighted by Gasteiger charge is -2.24. The number of nitrogens with two attached hydrogens (primary N) is 1. The van der Waals surface area contributed by atoms with Gasteiger partial charge in [0.25, 0.3) is 0 Å². The number of aromatic nitrogens is 4. The number of hydrogen-bond acceptors (Lipinski definition) is 7. The van der Waals surface area contributed by atoms with Crippen LogP contribution in [-0.2, 0) is 4.79 Å². The third kappa shape index (κ3) is 3.72. The molecule has 1 amide bonds. The summed E-state index contributed by atoms with van der Waals surface area (Å²) in [4.78, 5) is 30.7. The van der Waals surface area contributed by atoms with Crippen molar-refractivity contribution < 1.29 is 4.79 Å². The highest BCUT2D eigenvalue weighted by Gasteiger charge is 2.32. The van der Waals surface area contributed by atoms with E-state index >= 15 is 0 Å². The van der Waals surface area contributed by atoms with E-state index in [1.165, 1.54) is 0 Å². The zero-order chi connectivity index (χ0) is 15.4. The van der Waals surface area contributed by atoms with Crippen molar-refractivity contribution in [2.45, 2.75) is 18.9 Å². The number of amides is 1. The van der Waals surface area contributed by atoms with E-state index in [-0.39, 0.29) is 30.9 Å². The molecule has 9 heteroatoms. The fraction of sp³-hybridized carbons (Fsp3) is 0.357. The number of nitrogens with zero attached hydrogens (tertiary/aromatic N) is 5. The van der Waals surface area contributed by atoms with Crippen LogP contribution in [0.15, 0.2) is 30.9 Å². The van der Waals surface area contributed by atoms with Crippen LogP contribution in [0.3, 0.4) is 0 Å². The first-order chi connectivity index (χ1) is 10.8. The molecule has 8 nitrogen and oxygen atoms in total. The summed E-state index contributed by atoms with van der Waals surface area (Å²) in [7, 11) is 0. The van der Waals surface area contributed by atoms with Gasteiger partial charge in [-0.1, -0.05) is 0 Å². The van der Waals surface area contributed by atoms with E-state index in [1.807, 2.05) is 0 Å². The van der Waals surface area contributed by atoms with Crippen molar-refractivity contribution in [1.29, 1.82) is 0 Å². The van der Waals surface area contributed by atoms with Gasteiger partial charge in [0.05, 0.1) is 12.6 Å². The highest BCUT2D eigenvalue weighted by molar-refractivity contribution is 5.85. The fourth-order valence-electron chi connectivity index (χ4n) is 2.63. The topological polar surface area (TPSA) is 110 Å². The Morgan fingerprint density at radius 3 is 2.70 bits per heavy atom. The van der Waals surface area contributed by atoms with Crippen molar-refractivity contribution in [1.82, 2.24) is 24.8 Å². The van der Waals surface area contributed by atoms with Crippen LogP contribution in [0.2, 0.25) is 0 Å². The average molecular weight is 336 g/mol. The first-order valence-electron chi connectivity index (χ1n) is 7.14. The Kier molecular flexibility index (Phi) is 5.78. The number of anilines is 2. The van der Waals surface area contributed by atoms with Crippen molar-refractivity contribution in [2.24, 2.45) is 5.73 Å². The minimum atomic E-state index is -0.115. The SMILES string of the molecule is Cl.NCC(=O)N1CCCC1c1nccnc1Nc1ncccn1. The lowest BCUT2D eigenvalue weighted by atomic mass is 10.1. The van der Waals surface area contributed by atoms with E-state index in [1.54, 1.807) is 35.8 Å². The summed E-state index contributed by atoms with van der Waals surface area (Å²) < 4.78 is 0. The number of likely N-dealkylation sites (tertiary alicyclic amines) is 1. The molecule has 122 valence electrons. The van der Waals surface area contributed by atoms with E-state index in [0.717, 1.165) is 12.8 Å². The molecule has 0 aliphatic carbocycles. The van der Waals surface area contributed by atoms with E-state index < -0.39 is 0 Å². The van der Waals surface area contributed by atoms with E-state index in [9.17, 15) is 4.79 Å². The number of nitrogens with one attached hydrogen (secondary N) is 1. The van der Waals surface area contributed by atoms with Crippen LogP contribution in [-0.4, -0.2) is 43.8 Å². The molecule has 1 atom stereocenters. The molecule has 3 N–H and O–H groups in total. The summed E-state index contributed by atoms with van der Waals surface area (Å²) in [5.74, 6) is 0.935. The van der Waals surface area contributed by atoms with Crippen LogP contribution >= 0.6 is 12.4 Å². The number of carbonyl (C=O) groups excluding carboxylic acids is 1. The number of rotatable bonds is 4. The molecule has 2 aromatic rings. The summed E-state index contributed by atoms with van der Waals surface area (Å²) in [5.41, 5.74) is 6.21. The average Bonchev–Trinajstić information content (AvgIpc) is 3.05. The normalized spacial score (nSPS) is 16.7. The summed E-state index contributed by atoms with van der Waals surface area (Å²) in [6.07, 6.45) is 8.27. The minimum absolute atomic E-state index is 0. The van der Waals surface area contributed by atoms with Gasteiger partial charge in [-0.2, -0.15) is 0 Å². The Balaban J connectivity index is 0.00000192. The van der Waals surface area contributed by atoms with Crippen molar-refractivity contribution in [3.05, 3.63) is 36.5 Å². The fourth-order valence-corrected chi connectivity index (χ4v) is 2.63. The molecule has 3 rings (SSSR count). The zero-order valence-corrected chi connectivity index (χ0v) is 13.2. The van der Waals surface area contributed by atoms with E-state index in [2.05, 4.69) is 25.3 Å². The van der Waals surface area contributed by atoms with Crippen molar-refractivity contribution >= 4 is 30.1 Å². The van der Waals surface area contributed by atoms with Gasteiger partial charge in [0.15, 0.2) is 5.82 Å². The number of carbonyl (C=O) groups is 1. The van der Waals surface area contributed by atoms with Crippen LogP contribution in [0.1, 0.15) is 24.6 Å². The van der Waals surface area contributed by atoms with Crippen LogP contribution < -0.4 is 11.1 Å². The second kappa shape index (κ2) is 7.80. The lowest BCUT2D eigenvalue weighted by molar-refractivity contribution is -0.130. The minimum Gasteiger partial charge on any atom is -0.333 e. The lowest BCUT2D eigenvalue weighted by Crippen LogP contribution is -2.36. The quantitative estimate of drug-likeness (QED) is 0.859. The number of halogens is 1. The Morgan fingerprint density at radius 2 is 1.96 bits per heavy atom. The predicted octanol–water partition coefficient (Wildman–Crippen LogP) is 1.05. The van der Waals surface area contributed by atoms with Gasteiger partial charge in [0.2, 0.25) is 11.9 Å². The van der Waals surface area contributed by atoms with Gasteiger partial charge in [0, 0.05) is 31.3 Å². The molecular formula is C14H18ClN7O. The first kappa shape index (κ1) is 17.0. The van der Waals surface area contributed by atoms with Gasteiger partial charge in [0.1, 0.15) is 5.69 Å². The third-order valence-corrected chi connectivity index (χ3v) is 3.59. The van der Waals surface area contributed by atoms with Gasteiger partial charge in [-0.05, 0) is 18.9 Å². The van der Waals surface area contributed by atoms with E-state index in [0.29, 0.717) is 24.0 Å². The van der Waals surface area contributed by atoms with Crippen molar-refractivity contribution in [3.63, 3.8) is 0 Å². The molecule has 3 heterocycles. The van der Waals surface area contributed by atoms with Gasteiger partial charge in [-0.15, -0.1) is 12.4 Å². The van der Waals surface area contributed by atoms with Crippen LogP contribution in [0.5, 0.6) is 0 Å². The van der Waals surface area contributed by atoms with Crippen LogP contribution in [0.4, 0.5) is 11.8 Å². The molecular weight excluding hydrogens is 318 g/mol. The zero-order valence-electron chi connectivity index (χ0n) is 12.4. The third-order valence-electron chi connectivity index (χ3n) is 3.59. The molecule has 0 radical (unpaired) electrons. The Morgan fingerprint density at radius 1 is 1.22 bits per heavy atom. The molecule has 1 fully saturated rings. The summed E-state index contributed by atoms with van der Waals surface area (Å²) >= 11 is 0. The Hall–Kier alpha value is -2.32. The predicted molar refractivity (Wildman–Crippen MR) is 87.3 cm³/mol. The van der Waals surface area contributed by atoms with Crippen LogP contribution in [0.25, 0.3) is 0 Å². The summed E-state index contributed by atoms with van der Waals surface area (Å²) in [6.45, 7) is 0.694. The summed E-state index contributed by atoms with van der Waals surface area (Å²) in [5, 5.41) is 3.06. The Labute approximate surface area is 140 Å². The maximum Gasteiger partial charge on any atom is 0.236 e.